The topological polar surface area (TPSA) is 53.5 Å². The van der Waals surface area contributed by atoms with Gasteiger partial charge in [0.1, 0.15) is 25.4 Å². The van der Waals surface area contributed by atoms with Crippen LogP contribution in [-0.4, -0.2) is 36.6 Å². The average molecular weight is 448 g/mol. The summed E-state index contributed by atoms with van der Waals surface area (Å²) in [4.78, 5) is 1.18. The summed E-state index contributed by atoms with van der Waals surface area (Å²) < 4.78 is 84.8. The van der Waals surface area contributed by atoms with Crippen molar-refractivity contribution in [1.82, 2.24) is 4.58 Å². The van der Waals surface area contributed by atoms with Crippen LogP contribution in [0.1, 0.15) is 8.22 Å². The number of rotatable bonds is 3. The van der Waals surface area contributed by atoms with Gasteiger partial charge in [-0.1, -0.05) is 18.2 Å². The van der Waals surface area contributed by atoms with E-state index in [0.29, 0.717) is 0 Å². The van der Waals surface area contributed by atoms with Gasteiger partial charge in [0.2, 0.25) is 5.36 Å². The summed E-state index contributed by atoms with van der Waals surface area (Å²) in [6.45, 7) is 0. The van der Waals surface area contributed by atoms with Crippen molar-refractivity contribution >= 4 is 36.4 Å². The Balaban J connectivity index is 2.49. The molecular formula is C23H22ClN2O3S+. The zero-order valence-electron chi connectivity index (χ0n) is 22.7. The second kappa shape index (κ2) is 7.45. The molecule has 154 valence electrons. The largest absolute Gasteiger partial charge is 0.456 e. The molecule has 1 aliphatic heterocycles. The lowest BCUT2D eigenvalue weighted by Gasteiger charge is -2.18. The SMILES string of the molecule is [2H]c1c2c(-c3ccccc3S(=O)(=O)Cl)c3c([2H])c([2H])c(N(C)C)c([2H])c3oc-2c([2H])c(=[N+](C)C)c1[2H]. The molecule has 0 spiro atoms. The van der Waals surface area contributed by atoms with Gasteiger partial charge in [-0.2, -0.15) is 0 Å². The van der Waals surface area contributed by atoms with Crippen LogP contribution >= 0.6 is 10.7 Å². The van der Waals surface area contributed by atoms with E-state index < -0.39 is 9.05 Å². The van der Waals surface area contributed by atoms with Gasteiger partial charge < -0.3 is 9.32 Å². The van der Waals surface area contributed by atoms with E-state index in [-0.39, 0.29) is 85.6 Å². The molecule has 0 radical (unpaired) electrons. The molecule has 5 nitrogen and oxygen atoms in total. The van der Waals surface area contributed by atoms with Gasteiger partial charge in [0.05, 0.1) is 19.2 Å². The minimum absolute atomic E-state index is 0.00751. The van der Waals surface area contributed by atoms with Crippen LogP contribution in [0.5, 0.6) is 0 Å². The molecule has 0 N–H and O–H groups in total. The highest BCUT2D eigenvalue weighted by Gasteiger charge is 2.23. The van der Waals surface area contributed by atoms with Crippen molar-refractivity contribution in [2.24, 2.45) is 0 Å². The van der Waals surface area contributed by atoms with Crippen LogP contribution in [0, 0.1) is 0 Å². The molecule has 0 saturated carbocycles. The van der Waals surface area contributed by atoms with E-state index in [1.54, 1.807) is 34.3 Å². The van der Waals surface area contributed by atoms with Crippen molar-refractivity contribution in [3.05, 3.63) is 65.9 Å². The lowest BCUT2D eigenvalue weighted by atomic mass is 9.93. The minimum Gasteiger partial charge on any atom is -0.456 e. The molecule has 0 aromatic heterocycles. The number of hydrogen-bond acceptors (Lipinski definition) is 4. The highest BCUT2D eigenvalue weighted by Crippen LogP contribution is 2.43. The molecule has 0 bridgehead atoms. The summed E-state index contributed by atoms with van der Waals surface area (Å²) in [6.07, 6.45) is 0. The molecule has 2 aromatic rings. The van der Waals surface area contributed by atoms with E-state index in [9.17, 15) is 8.42 Å². The third kappa shape index (κ3) is 3.57. The Labute approximate surface area is 188 Å². The van der Waals surface area contributed by atoms with Crippen molar-refractivity contribution in [3.8, 4) is 22.5 Å². The maximum absolute atomic E-state index is 12.5. The van der Waals surface area contributed by atoms with E-state index in [0.717, 1.165) is 0 Å². The molecule has 0 amide bonds. The first-order valence-corrected chi connectivity index (χ1v) is 11.2. The Morgan fingerprint density at radius 1 is 1.03 bits per heavy atom. The van der Waals surface area contributed by atoms with E-state index in [1.807, 2.05) is 0 Å². The molecule has 30 heavy (non-hydrogen) atoms. The maximum Gasteiger partial charge on any atom is 0.261 e. The number of halogens is 1. The Bertz CT molecular complexity index is 1730. The normalized spacial score (nSPS) is 14.6. The van der Waals surface area contributed by atoms with Crippen molar-refractivity contribution in [1.29, 1.82) is 0 Å². The summed E-state index contributed by atoms with van der Waals surface area (Å²) in [7, 11) is 7.89. The zero-order valence-corrected chi connectivity index (χ0v) is 18.3. The molecular weight excluding hydrogens is 420 g/mol. The monoisotopic (exact) mass is 447 g/mol. The number of fused-ring (bicyclic) bond motifs is 2. The van der Waals surface area contributed by atoms with Gasteiger partial charge in [-0.15, -0.1) is 0 Å². The molecule has 0 atom stereocenters. The van der Waals surface area contributed by atoms with Crippen LogP contribution in [-0.2, 0) is 9.05 Å². The summed E-state index contributed by atoms with van der Waals surface area (Å²) >= 11 is 0. The number of nitrogens with zero attached hydrogens (tertiary/aromatic N) is 2. The smallest absolute Gasteiger partial charge is 0.261 e. The Morgan fingerprint density at radius 2 is 1.77 bits per heavy atom. The fourth-order valence-electron chi connectivity index (χ4n) is 3.09. The average Bonchev–Trinajstić information content (AvgIpc) is 2.79. The Morgan fingerprint density at radius 3 is 2.43 bits per heavy atom. The van der Waals surface area contributed by atoms with E-state index in [2.05, 4.69) is 0 Å². The molecule has 4 rings (SSSR count). The maximum atomic E-state index is 12.5. The van der Waals surface area contributed by atoms with Crippen LogP contribution in [0.3, 0.4) is 0 Å². The molecule has 0 fully saturated rings. The Hall–Kier alpha value is -2.83. The molecule has 7 heteroatoms. The van der Waals surface area contributed by atoms with Gasteiger partial charge >= 0.3 is 0 Å². The fourth-order valence-corrected chi connectivity index (χ4v) is 4.17. The van der Waals surface area contributed by atoms with E-state index in [1.165, 1.54) is 27.7 Å². The van der Waals surface area contributed by atoms with Crippen LogP contribution in [0.4, 0.5) is 5.69 Å². The fraction of sp³-hybridized carbons (Fsp3) is 0.174. The molecule has 1 heterocycles. The summed E-state index contributed by atoms with van der Waals surface area (Å²) in [5.74, 6) is -0.153. The van der Waals surface area contributed by atoms with Crippen molar-refractivity contribution in [2.75, 3.05) is 33.1 Å². The molecule has 0 saturated heterocycles. The second-order valence-electron chi connectivity index (χ2n) is 7.06. The van der Waals surface area contributed by atoms with Crippen LogP contribution in [0.15, 0.2) is 69.8 Å². The summed E-state index contributed by atoms with van der Waals surface area (Å²) in [6, 6.07) is 3.92. The number of hydrogen-bond donors (Lipinski definition) is 0. The first-order valence-electron chi connectivity index (χ1n) is 11.9. The van der Waals surface area contributed by atoms with E-state index >= 15 is 0 Å². The van der Waals surface area contributed by atoms with Crippen molar-refractivity contribution < 1.29 is 21.1 Å². The van der Waals surface area contributed by atoms with Gasteiger partial charge in [0.25, 0.3) is 9.05 Å². The third-order valence-corrected chi connectivity index (χ3v) is 5.93. The van der Waals surface area contributed by atoms with Crippen LogP contribution in [0.25, 0.3) is 33.4 Å². The number of anilines is 1. The second-order valence-corrected chi connectivity index (χ2v) is 9.59. The highest BCUT2D eigenvalue weighted by atomic mass is 35.7. The molecule has 2 aromatic carbocycles. The predicted molar refractivity (Wildman–Crippen MR) is 123 cm³/mol. The van der Waals surface area contributed by atoms with Gasteiger partial charge in [0, 0.05) is 64.6 Å². The summed E-state index contributed by atoms with van der Waals surface area (Å²) in [5, 5.41) is 0.0168. The standard InChI is InChI=1S/C23H22ClN2O3S/c1-25(2)15-9-11-17-20(13-15)29-21-14-16(26(3)4)10-12-18(21)23(17)19-7-5-6-8-22(19)30(24,27)28/h5-14H,1-4H3/q+1/i9D,10D,11D,12D,13D,14D. The predicted octanol–water partition coefficient (Wildman–Crippen LogP) is 4.23. The zero-order chi connectivity index (χ0) is 26.9. The van der Waals surface area contributed by atoms with Crippen LogP contribution < -0.4 is 14.8 Å². The van der Waals surface area contributed by atoms with Crippen molar-refractivity contribution in [2.45, 2.75) is 4.90 Å². The lowest BCUT2D eigenvalue weighted by molar-refractivity contribution is 0.609. The van der Waals surface area contributed by atoms with Gasteiger partial charge in [-0.3, -0.25) is 0 Å². The summed E-state index contributed by atoms with van der Waals surface area (Å²) in [5.41, 5.74) is -0.142. The Kier molecular flexibility index (Phi) is 3.53. The van der Waals surface area contributed by atoms with E-state index in [4.69, 9.17) is 23.3 Å². The lowest BCUT2D eigenvalue weighted by Crippen LogP contribution is -2.21. The van der Waals surface area contributed by atoms with Gasteiger partial charge in [0.15, 0.2) is 0 Å². The highest BCUT2D eigenvalue weighted by molar-refractivity contribution is 8.13. The minimum atomic E-state index is -4.31. The quantitative estimate of drug-likeness (QED) is 0.268. The van der Waals surface area contributed by atoms with Crippen molar-refractivity contribution in [3.63, 3.8) is 0 Å². The first-order chi connectivity index (χ1) is 16.7. The third-order valence-electron chi connectivity index (χ3n) is 4.55. The molecule has 2 aliphatic rings. The first kappa shape index (κ1) is 14.2. The van der Waals surface area contributed by atoms with Crippen LogP contribution in [0.2, 0.25) is 0 Å². The molecule has 0 unspecified atom stereocenters. The van der Waals surface area contributed by atoms with Gasteiger partial charge in [-0.05, 0) is 24.2 Å². The number of benzene rings is 3. The molecule has 1 aliphatic carbocycles. The van der Waals surface area contributed by atoms with Gasteiger partial charge in [-0.25, -0.2) is 13.0 Å².